The van der Waals surface area contributed by atoms with E-state index in [9.17, 15) is 0 Å². The number of hydrogen-bond acceptors (Lipinski definition) is 2. The molecule has 0 saturated carbocycles. The van der Waals surface area contributed by atoms with E-state index in [1.165, 1.54) is 37.1 Å². The number of nitrogens with zero attached hydrogens (tertiary/aromatic N) is 3. The Labute approximate surface area is 128 Å². The predicted molar refractivity (Wildman–Crippen MR) is 89.2 cm³/mol. The lowest BCUT2D eigenvalue weighted by molar-refractivity contribution is 0.331. The topological polar surface area (TPSA) is 44.9 Å². The molecule has 4 heteroatoms. The highest BCUT2D eigenvalue weighted by atomic mass is 15.2. The van der Waals surface area contributed by atoms with E-state index in [0.717, 1.165) is 19.6 Å². The van der Waals surface area contributed by atoms with Crippen LogP contribution in [0.2, 0.25) is 0 Å². The molecule has 1 fully saturated rings. The SMILES string of the molecule is CCN(CC)C(N)=NCc1ccc(CN2CCCC2)cc1. The summed E-state index contributed by atoms with van der Waals surface area (Å²) in [6.45, 7) is 10.2. The Kier molecular flexibility index (Phi) is 6.05. The van der Waals surface area contributed by atoms with Crippen LogP contribution in [0, 0.1) is 0 Å². The van der Waals surface area contributed by atoms with Gasteiger partial charge in [-0.25, -0.2) is 4.99 Å². The zero-order chi connectivity index (χ0) is 15.1. The van der Waals surface area contributed by atoms with Gasteiger partial charge in [0.1, 0.15) is 0 Å². The van der Waals surface area contributed by atoms with Gasteiger partial charge in [-0.2, -0.15) is 0 Å². The van der Waals surface area contributed by atoms with Gasteiger partial charge in [-0.05, 0) is 50.9 Å². The highest BCUT2D eigenvalue weighted by Crippen LogP contribution is 2.13. The third-order valence-corrected chi connectivity index (χ3v) is 4.14. The number of aliphatic imine (C=N–C) groups is 1. The van der Waals surface area contributed by atoms with E-state index in [-0.39, 0.29) is 0 Å². The lowest BCUT2D eigenvalue weighted by Gasteiger charge is -2.19. The Morgan fingerprint density at radius 2 is 1.67 bits per heavy atom. The molecular formula is C17H28N4. The van der Waals surface area contributed by atoms with Crippen molar-refractivity contribution < 1.29 is 0 Å². The van der Waals surface area contributed by atoms with Crippen LogP contribution >= 0.6 is 0 Å². The standard InChI is InChI=1S/C17H28N4/c1-3-21(4-2)17(18)19-13-15-7-9-16(10-8-15)14-20-11-5-6-12-20/h7-10H,3-6,11-14H2,1-2H3,(H2,18,19). The maximum absolute atomic E-state index is 5.99. The van der Waals surface area contributed by atoms with Gasteiger partial charge in [0.05, 0.1) is 6.54 Å². The van der Waals surface area contributed by atoms with Gasteiger partial charge < -0.3 is 10.6 Å². The zero-order valence-corrected chi connectivity index (χ0v) is 13.4. The number of likely N-dealkylation sites (tertiary alicyclic amines) is 1. The van der Waals surface area contributed by atoms with Crippen molar-refractivity contribution in [2.75, 3.05) is 26.2 Å². The van der Waals surface area contributed by atoms with E-state index in [2.05, 4.69) is 52.9 Å². The summed E-state index contributed by atoms with van der Waals surface area (Å²) >= 11 is 0. The average molecular weight is 288 g/mol. The van der Waals surface area contributed by atoms with E-state index < -0.39 is 0 Å². The predicted octanol–water partition coefficient (Wildman–Crippen LogP) is 2.44. The molecule has 0 amide bonds. The largest absolute Gasteiger partial charge is 0.370 e. The maximum atomic E-state index is 5.99. The molecule has 1 aromatic carbocycles. The number of nitrogens with two attached hydrogens (primary N) is 1. The molecule has 0 unspecified atom stereocenters. The lowest BCUT2D eigenvalue weighted by Crippen LogP contribution is -2.37. The maximum Gasteiger partial charge on any atom is 0.191 e. The summed E-state index contributed by atoms with van der Waals surface area (Å²) in [6.07, 6.45) is 2.69. The van der Waals surface area contributed by atoms with Gasteiger partial charge in [0.25, 0.3) is 0 Å². The summed E-state index contributed by atoms with van der Waals surface area (Å²) in [4.78, 5) is 9.07. The smallest absolute Gasteiger partial charge is 0.191 e. The van der Waals surface area contributed by atoms with Crippen LogP contribution in [0.3, 0.4) is 0 Å². The van der Waals surface area contributed by atoms with E-state index >= 15 is 0 Å². The molecule has 1 saturated heterocycles. The van der Waals surface area contributed by atoms with Gasteiger partial charge in [-0.15, -0.1) is 0 Å². The molecule has 1 aliphatic rings. The molecule has 1 heterocycles. The third kappa shape index (κ3) is 4.74. The molecule has 1 aromatic rings. The molecule has 0 radical (unpaired) electrons. The summed E-state index contributed by atoms with van der Waals surface area (Å²) in [5.41, 5.74) is 8.60. The first kappa shape index (κ1) is 15.8. The van der Waals surface area contributed by atoms with Crippen molar-refractivity contribution in [2.45, 2.75) is 39.8 Å². The molecular weight excluding hydrogens is 260 g/mol. The second-order valence-electron chi connectivity index (χ2n) is 5.65. The minimum absolute atomic E-state index is 0.640. The van der Waals surface area contributed by atoms with Crippen LogP contribution in [-0.4, -0.2) is 41.9 Å². The summed E-state index contributed by atoms with van der Waals surface area (Å²) < 4.78 is 0. The highest BCUT2D eigenvalue weighted by molar-refractivity contribution is 5.77. The van der Waals surface area contributed by atoms with Crippen LogP contribution in [0.25, 0.3) is 0 Å². The fourth-order valence-corrected chi connectivity index (χ4v) is 2.77. The quantitative estimate of drug-likeness (QED) is 0.646. The molecule has 0 bridgehead atoms. The molecule has 1 aliphatic heterocycles. The van der Waals surface area contributed by atoms with Crippen LogP contribution in [-0.2, 0) is 13.1 Å². The lowest BCUT2D eigenvalue weighted by atomic mass is 10.1. The monoisotopic (exact) mass is 288 g/mol. The first-order valence-electron chi connectivity index (χ1n) is 8.08. The zero-order valence-electron chi connectivity index (χ0n) is 13.4. The van der Waals surface area contributed by atoms with Crippen molar-refractivity contribution in [2.24, 2.45) is 10.7 Å². The molecule has 21 heavy (non-hydrogen) atoms. The van der Waals surface area contributed by atoms with Crippen molar-refractivity contribution in [3.8, 4) is 0 Å². The van der Waals surface area contributed by atoms with Crippen molar-refractivity contribution in [3.63, 3.8) is 0 Å². The van der Waals surface area contributed by atoms with Crippen molar-refractivity contribution in [1.29, 1.82) is 0 Å². The minimum Gasteiger partial charge on any atom is -0.370 e. The molecule has 0 aliphatic carbocycles. The minimum atomic E-state index is 0.640. The third-order valence-electron chi connectivity index (χ3n) is 4.14. The summed E-state index contributed by atoms with van der Waals surface area (Å²) in [5.74, 6) is 0.640. The number of guanidine groups is 1. The van der Waals surface area contributed by atoms with Crippen LogP contribution in [0.4, 0.5) is 0 Å². The van der Waals surface area contributed by atoms with Crippen LogP contribution in [0.5, 0.6) is 0 Å². The van der Waals surface area contributed by atoms with E-state index in [4.69, 9.17) is 5.73 Å². The average Bonchev–Trinajstić information content (AvgIpc) is 3.01. The fraction of sp³-hybridized carbons (Fsp3) is 0.588. The number of benzene rings is 1. The van der Waals surface area contributed by atoms with E-state index in [1.54, 1.807) is 0 Å². The summed E-state index contributed by atoms with van der Waals surface area (Å²) in [5, 5.41) is 0. The van der Waals surface area contributed by atoms with Crippen LogP contribution in [0.1, 0.15) is 37.8 Å². The first-order chi connectivity index (χ1) is 10.2. The van der Waals surface area contributed by atoms with E-state index in [0.29, 0.717) is 12.5 Å². The molecule has 0 spiro atoms. The van der Waals surface area contributed by atoms with Gasteiger partial charge in [0.15, 0.2) is 5.96 Å². The second kappa shape index (κ2) is 8.03. The van der Waals surface area contributed by atoms with E-state index in [1.807, 2.05) is 0 Å². The van der Waals surface area contributed by atoms with Crippen molar-refractivity contribution in [3.05, 3.63) is 35.4 Å². The van der Waals surface area contributed by atoms with Gasteiger partial charge in [0.2, 0.25) is 0 Å². The molecule has 0 atom stereocenters. The van der Waals surface area contributed by atoms with Gasteiger partial charge in [0, 0.05) is 19.6 Å². The Morgan fingerprint density at radius 3 is 2.24 bits per heavy atom. The summed E-state index contributed by atoms with van der Waals surface area (Å²) in [6, 6.07) is 8.78. The number of rotatable bonds is 6. The molecule has 4 nitrogen and oxygen atoms in total. The Balaban J connectivity index is 1.88. The van der Waals surface area contributed by atoms with Crippen molar-refractivity contribution in [1.82, 2.24) is 9.80 Å². The summed E-state index contributed by atoms with van der Waals surface area (Å²) in [7, 11) is 0. The van der Waals surface area contributed by atoms with Gasteiger partial charge >= 0.3 is 0 Å². The highest BCUT2D eigenvalue weighted by Gasteiger charge is 2.11. The van der Waals surface area contributed by atoms with Crippen LogP contribution in [0.15, 0.2) is 29.3 Å². The van der Waals surface area contributed by atoms with Crippen molar-refractivity contribution >= 4 is 5.96 Å². The Bertz CT molecular complexity index is 442. The number of hydrogen-bond donors (Lipinski definition) is 1. The fourth-order valence-electron chi connectivity index (χ4n) is 2.77. The molecule has 2 rings (SSSR count). The first-order valence-corrected chi connectivity index (χ1v) is 8.08. The second-order valence-corrected chi connectivity index (χ2v) is 5.65. The molecule has 0 aromatic heterocycles. The van der Waals surface area contributed by atoms with Gasteiger partial charge in [-0.3, -0.25) is 4.90 Å². The molecule has 116 valence electrons. The Hall–Kier alpha value is -1.55. The molecule has 2 N–H and O–H groups in total. The normalized spacial score (nSPS) is 16.4. The Morgan fingerprint density at radius 1 is 1.10 bits per heavy atom. The van der Waals surface area contributed by atoms with Crippen LogP contribution < -0.4 is 5.73 Å². The van der Waals surface area contributed by atoms with Gasteiger partial charge in [-0.1, -0.05) is 24.3 Å².